The third-order valence-electron chi connectivity index (χ3n) is 4.10. The maximum atomic E-state index is 13.8. The Labute approximate surface area is 159 Å². The highest BCUT2D eigenvalue weighted by molar-refractivity contribution is 9.11. The largest absolute Gasteiger partial charge is 0.494 e. The normalized spacial score (nSPS) is 16.9. The van der Waals surface area contributed by atoms with Crippen LogP contribution in [0.1, 0.15) is 4.88 Å². The summed E-state index contributed by atoms with van der Waals surface area (Å²) < 4.78 is 46.6. The third-order valence-corrected chi connectivity index (χ3v) is 7.60. The predicted molar refractivity (Wildman–Crippen MR) is 99.0 cm³/mol. The summed E-state index contributed by atoms with van der Waals surface area (Å²) in [5.41, 5.74) is 0. The van der Waals surface area contributed by atoms with Crippen molar-refractivity contribution >= 4 is 37.3 Å². The van der Waals surface area contributed by atoms with Crippen LogP contribution in [0.25, 0.3) is 0 Å². The van der Waals surface area contributed by atoms with Gasteiger partial charge in [-0.15, -0.1) is 11.3 Å². The van der Waals surface area contributed by atoms with Gasteiger partial charge in [-0.1, -0.05) is 0 Å². The lowest BCUT2D eigenvalue weighted by molar-refractivity contribution is 0.183. The first-order valence-electron chi connectivity index (χ1n) is 7.70. The maximum Gasteiger partial charge on any atom is 0.243 e. The van der Waals surface area contributed by atoms with Crippen molar-refractivity contribution < 1.29 is 17.5 Å². The molecular weight excluding hydrogens is 431 g/mol. The first-order chi connectivity index (χ1) is 11.9. The molecule has 1 aliphatic heterocycles. The lowest BCUT2D eigenvalue weighted by Gasteiger charge is -2.33. The van der Waals surface area contributed by atoms with Gasteiger partial charge in [0.25, 0.3) is 0 Å². The van der Waals surface area contributed by atoms with Crippen LogP contribution in [0, 0.1) is 5.82 Å². The highest BCUT2D eigenvalue weighted by Gasteiger charge is 2.29. The zero-order chi connectivity index (χ0) is 18.0. The molecule has 0 bridgehead atoms. The van der Waals surface area contributed by atoms with E-state index >= 15 is 0 Å². The molecule has 3 rings (SSSR count). The van der Waals surface area contributed by atoms with Gasteiger partial charge in [0.1, 0.15) is 0 Å². The number of hydrogen-bond acceptors (Lipinski definition) is 5. The fourth-order valence-electron chi connectivity index (χ4n) is 2.74. The summed E-state index contributed by atoms with van der Waals surface area (Å²) >= 11 is 5.13. The van der Waals surface area contributed by atoms with Crippen molar-refractivity contribution in [3.8, 4) is 5.75 Å². The molecule has 136 valence electrons. The second-order valence-electron chi connectivity index (χ2n) is 5.68. The van der Waals surface area contributed by atoms with E-state index in [1.807, 2.05) is 6.07 Å². The quantitative estimate of drug-likeness (QED) is 0.704. The summed E-state index contributed by atoms with van der Waals surface area (Å²) in [4.78, 5) is 3.42. The number of halogens is 2. The second kappa shape index (κ2) is 7.71. The molecule has 0 radical (unpaired) electrons. The molecule has 1 aromatic carbocycles. The molecular formula is C16H18BrFN2O3S2. The number of sulfonamides is 1. The monoisotopic (exact) mass is 448 g/mol. The van der Waals surface area contributed by atoms with Gasteiger partial charge in [-0.05, 0) is 46.3 Å². The first kappa shape index (κ1) is 18.8. The molecule has 0 spiro atoms. The zero-order valence-corrected chi connectivity index (χ0v) is 16.8. The number of piperazine rings is 1. The average Bonchev–Trinajstić information content (AvgIpc) is 3.00. The van der Waals surface area contributed by atoms with Crippen LogP contribution in [0.2, 0.25) is 0 Å². The summed E-state index contributed by atoms with van der Waals surface area (Å²) in [6, 6.07) is 7.82. The number of nitrogens with zero attached hydrogens (tertiary/aromatic N) is 2. The Hall–Kier alpha value is -1.00. The van der Waals surface area contributed by atoms with E-state index in [1.165, 1.54) is 28.4 Å². The Bertz CT molecular complexity index is 849. The van der Waals surface area contributed by atoms with Gasteiger partial charge in [0.2, 0.25) is 10.0 Å². The van der Waals surface area contributed by atoms with Crippen molar-refractivity contribution in [2.24, 2.45) is 0 Å². The third kappa shape index (κ3) is 4.22. The van der Waals surface area contributed by atoms with Crippen LogP contribution in [0.4, 0.5) is 4.39 Å². The van der Waals surface area contributed by atoms with E-state index in [9.17, 15) is 12.8 Å². The smallest absolute Gasteiger partial charge is 0.243 e. The first-order valence-corrected chi connectivity index (χ1v) is 10.8. The minimum atomic E-state index is -3.70. The van der Waals surface area contributed by atoms with Crippen LogP contribution in [-0.4, -0.2) is 50.9 Å². The summed E-state index contributed by atoms with van der Waals surface area (Å²) in [7, 11) is -2.35. The fourth-order valence-corrected chi connectivity index (χ4v) is 5.70. The van der Waals surface area contributed by atoms with Crippen molar-refractivity contribution in [1.29, 1.82) is 0 Å². The second-order valence-corrected chi connectivity index (χ2v) is 10.2. The van der Waals surface area contributed by atoms with Gasteiger partial charge in [-0.2, -0.15) is 4.31 Å². The number of methoxy groups -OCH3 is 1. The molecule has 0 saturated carbocycles. The molecule has 0 amide bonds. The lowest BCUT2D eigenvalue weighted by atomic mass is 10.3. The van der Waals surface area contributed by atoms with Gasteiger partial charge in [0.15, 0.2) is 11.6 Å². The molecule has 0 aliphatic carbocycles. The van der Waals surface area contributed by atoms with Crippen LogP contribution in [0.3, 0.4) is 0 Å². The summed E-state index contributed by atoms with van der Waals surface area (Å²) in [6.07, 6.45) is 0. The maximum absolute atomic E-state index is 13.8. The van der Waals surface area contributed by atoms with Crippen LogP contribution in [0.5, 0.6) is 5.75 Å². The van der Waals surface area contributed by atoms with Crippen molar-refractivity contribution in [3.63, 3.8) is 0 Å². The summed E-state index contributed by atoms with van der Waals surface area (Å²) in [5.74, 6) is -0.642. The van der Waals surface area contributed by atoms with Crippen molar-refractivity contribution in [3.05, 3.63) is 44.8 Å². The van der Waals surface area contributed by atoms with Crippen LogP contribution < -0.4 is 4.74 Å². The Kier molecular flexibility index (Phi) is 5.79. The molecule has 2 aromatic rings. The Morgan fingerprint density at radius 1 is 1.20 bits per heavy atom. The molecule has 1 aliphatic rings. The highest BCUT2D eigenvalue weighted by Crippen LogP contribution is 2.26. The zero-order valence-electron chi connectivity index (χ0n) is 13.6. The molecule has 0 unspecified atom stereocenters. The van der Waals surface area contributed by atoms with E-state index in [2.05, 4.69) is 26.9 Å². The van der Waals surface area contributed by atoms with Gasteiger partial charge >= 0.3 is 0 Å². The molecule has 9 heteroatoms. The topological polar surface area (TPSA) is 49.9 Å². The summed E-state index contributed by atoms with van der Waals surface area (Å²) in [5, 5.41) is 0. The van der Waals surface area contributed by atoms with E-state index in [1.54, 1.807) is 11.3 Å². The number of thiophene rings is 1. The van der Waals surface area contributed by atoms with E-state index < -0.39 is 15.8 Å². The predicted octanol–water partition coefficient (Wildman–Crippen LogP) is 3.16. The molecule has 1 fully saturated rings. The molecule has 0 atom stereocenters. The molecule has 5 nitrogen and oxygen atoms in total. The highest BCUT2D eigenvalue weighted by atomic mass is 79.9. The Morgan fingerprint density at radius 2 is 1.92 bits per heavy atom. The molecule has 1 saturated heterocycles. The van der Waals surface area contributed by atoms with Crippen molar-refractivity contribution in [2.75, 3.05) is 33.3 Å². The van der Waals surface area contributed by atoms with Gasteiger partial charge in [-0.25, -0.2) is 12.8 Å². The molecule has 0 N–H and O–H groups in total. The standard InChI is InChI=1S/C16H18BrFN2O3S2/c1-23-15-4-3-13(10-14(15)18)25(21,22)20-8-6-19(7-9-20)11-12-2-5-16(17)24-12/h2-5,10H,6-9,11H2,1H3. The Morgan fingerprint density at radius 3 is 2.48 bits per heavy atom. The number of benzene rings is 1. The molecule has 1 aromatic heterocycles. The van der Waals surface area contributed by atoms with Gasteiger partial charge in [0, 0.05) is 37.6 Å². The SMILES string of the molecule is COc1ccc(S(=O)(=O)N2CCN(Cc3ccc(Br)s3)CC2)cc1F. The van der Waals surface area contributed by atoms with Gasteiger partial charge < -0.3 is 4.74 Å². The number of ether oxygens (including phenoxy) is 1. The fraction of sp³-hybridized carbons (Fsp3) is 0.375. The van der Waals surface area contributed by atoms with Crippen LogP contribution in [-0.2, 0) is 16.6 Å². The van der Waals surface area contributed by atoms with E-state index in [-0.39, 0.29) is 10.6 Å². The minimum absolute atomic E-state index is 0.0332. The number of hydrogen-bond donors (Lipinski definition) is 0. The van der Waals surface area contributed by atoms with E-state index in [0.29, 0.717) is 26.2 Å². The van der Waals surface area contributed by atoms with E-state index in [0.717, 1.165) is 16.4 Å². The van der Waals surface area contributed by atoms with Crippen molar-refractivity contribution in [1.82, 2.24) is 9.21 Å². The van der Waals surface area contributed by atoms with Gasteiger partial charge in [-0.3, -0.25) is 4.90 Å². The van der Waals surface area contributed by atoms with E-state index in [4.69, 9.17) is 4.74 Å². The molecule has 25 heavy (non-hydrogen) atoms. The average molecular weight is 449 g/mol. The van der Waals surface area contributed by atoms with Crippen LogP contribution in [0.15, 0.2) is 39.0 Å². The Balaban J connectivity index is 1.66. The van der Waals surface area contributed by atoms with Crippen LogP contribution >= 0.6 is 27.3 Å². The van der Waals surface area contributed by atoms with Crippen molar-refractivity contribution in [2.45, 2.75) is 11.4 Å². The minimum Gasteiger partial charge on any atom is -0.494 e. The lowest BCUT2D eigenvalue weighted by Crippen LogP contribution is -2.48. The summed E-state index contributed by atoms with van der Waals surface area (Å²) in [6.45, 7) is 2.88. The van der Waals surface area contributed by atoms with Gasteiger partial charge in [0.05, 0.1) is 15.8 Å². The number of rotatable bonds is 5. The molecule has 2 heterocycles.